The van der Waals surface area contributed by atoms with E-state index in [1.165, 1.54) is 66.9 Å². The molecule has 0 fully saturated rings. The lowest BCUT2D eigenvalue weighted by atomic mass is 9.79. The molecule has 6 aromatic rings. The number of hydrogen-bond acceptors (Lipinski definition) is 1. The molecular formula is C46H43N. The lowest BCUT2D eigenvalue weighted by Gasteiger charge is -2.29. The van der Waals surface area contributed by atoms with Crippen LogP contribution < -0.4 is 4.90 Å². The first kappa shape index (κ1) is 29.5. The Kier molecular flexibility index (Phi) is 6.48. The van der Waals surface area contributed by atoms with E-state index in [-0.39, 0.29) is 16.2 Å². The molecule has 0 radical (unpaired) electrons. The molecule has 2 aliphatic rings. The predicted octanol–water partition coefficient (Wildman–Crippen LogP) is 12.7. The Hall–Kier alpha value is -4.88. The minimum Gasteiger partial charge on any atom is -0.310 e. The molecule has 6 aromatic carbocycles. The number of benzene rings is 6. The molecule has 0 bridgehead atoms. The molecule has 232 valence electrons. The third-order valence-electron chi connectivity index (χ3n) is 10.8. The van der Waals surface area contributed by atoms with Gasteiger partial charge < -0.3 is 4.90 Å². The summed E-state index contributed by atoms with van der Waals surface area (Å²) in [6.07, 6.45) is 0. The molecule has 0 saturated heterocycles. The van der Waals surface area contributed by atoms with Crippen molar-refractivity contribution in [3.8, 4) is 33.4 Å². The zero-order chi connectivity index (χ0) is 32.7. The summed E-state index contributed by atoms with van der Waals surface area (Å²) in [6, 6.07) is 50.0. The molecule has 0 aromatic heterocycles. The second-order valence-electron chi connectivity index (χ2n) is 15.5. The lowest BCUT2D eigenvalue weighted by Crippen LogP contribution is -2.17. The second-order valence-corrected chi connectivity index (χ2v) is 15.5. The summed E-state index contributed by atoms with van der Waals surface area (Å²) < 4.78 is 0. The normalized spacial score (nSPS) is 15.0. The van der Waals surface area contributed by atoms with E-state index in [0.29, 0.717) is 0 Å². The Labute approximate surface area is 280 Å². The number of hydrogen-bond donors (Lipinski definition) is 0. The Morgan fingerprint density at radius 2 is 0.915 bits per heavy atom. The molecule has 0 N–H and O–H groups in total. The summed E-state index contributed by atoms with van der Waals surface area (Å²) in [5.74, 6) is 0. The SMILES string of the molecule is CC(C)(C)c1ccc(N(c2ccc(-c3cccc4c3C(C)(C)c3ccccc3-4)cc2)c2ccc3c(c2)C(C)(C)c2ccccc2-3)cc1. The molecule has 0 atom stereocenters. The highest BCUT2D eigenvalue weighted by molar-refractivity contribution is 5.89. The second kappa shape index (κ2) is 10.3. The van der Waals surface area contributed by atoms with E-state index in [1.807, 2.05) is 0 Å². The van der Waals surface area contributed by atoms with Crippen molar-refractivity contribution in [1.82, 2.24) is 0 Å². The molecule has 0 saturated carbocycles. The van der Waals surface area contributed by atoms with Crippen LogP contribution in [0.1, 0.15) is 76.3 Å². The van der Waals surface area contributed by atoms with Gasteiger partial charge >= 0.3 is 0 Å². The molecule has 0 heterocycles. The van der Waals surface area contributed by atoms with Crippen LogP contribution in [0.4, 0.5) is 17.1 Å². The van der Waals surface area contributed by atoms with Crippen LogP contribution in [0.15, 0.2) is 133 Å². The molecule has 47 heavy (non-hydrogen) atoms. The van der Waals surface area contributed by atoms with Crippen LogP contribution >= 0.6 is 0 Å². The van der Waals surface area contributed by atoms with Gasteiger partial charge in [0, 0.05) is 27.9 Å². The highest BCUT2D eigenvalue weighted by Gasteiger charge is 2.38. The summed E-state index contributed by atoms with van der Waals surface area (Å²) >= 11 is 0. The molecule has 0 spiro atoms. The number of anilines is 3. The summed E-state index contributed by atoms with van der Waals surface area (Å²) in [4.78, 5) is 2.42. The zero-order valence-corrected chi connectivity index (χ0v) is 28.6. The standard InChI is InChI=1S/C46H43N/c1-44(2,3)31-21-25-33(26-22-31)47(34-27-28-38-36-13-8-10-17-40(36)45(4,5)42(38)29-34)32-23-19-30(20-24-32)35-15-12-16-39-37-14-9-11-18-41(37)46(6,7)43(35)39/h8-29H,1-7H3. The average molecular weight is 610 g/mol. The highest BCUT2D eigenvalue weighted by atomic mass is 15.1. The van der Waals surface area contributed by atoms with Gasteiger partial charge in [0.15, 0.2) is 0 Å². The van der Waals surface area contributed by atoms with Crippen LogP contribution in [0.25, 0.3) is 33.4 Å². The fourth-order valence-electron chi connectivity index (χ4n) is 8.27. The zero-order valence-electron chi connectivity index (χ0n) is 28.6. The van der Waals surface area contributed by atoms with Crippen LogP contribution in [-0.2, 0) is 16.2 Å². The maximum atomic E-state index is 2.42. The first-order valence-electron chi connectivity index (χ1n) is 17.0. The van der Waals surface area contributed by atoms with Crippen LogP contribution in [0, 0.1) is 0 Å². The molecule has 0 amide bonds. The highest BCUT2D eigenvalue weighted by Crippen LogP contribution is 2.53. The summed E-state index contributed by atoms with van der Waals surface area (Å²) in [5, 5.41) is 0. The smallest absolute Gasteiger partial charge is 0.0465 e. The summed E-state index contributed by atoms with van der Waals surface area (Å²) in [7, 11) is 0. The van der Waals surface area contributed by atoms with Crippen molar-refractivity contribution < 1.29 is 0 Å². The van der Waals surface area contributed by atoms with Gasteiger partial charge in [-0.3, -0.25) is 0 Å². The van der Waals surface area contributed by atoms with E-state index in [2.05, 4.69) is 187 Å². The van der Waals surface area contributed by atoms with Gasteiger partial charge in [-0.2, -0.15) is 0 Å². The van der Waals surface area contributed by atoms with Crippen molar-refractivity contribution in [3.05, 3.63) is 161 Å². The molecule has 0 unspecified atom stereocenters. The quantitative estimate of drug-likeness (QED) is 0.192. The Morgan fingerprint density at radius 3 is 1.55 bits per heavy atom. The first-order chi connectivity index (χ1) is 22.5. The van der Waals surface area contributed by atoms with Gasteiger partial charge in [-0.25, -0.2) is 0 Å². The monoisotopic (exact) mass is 609 g/mol. The minimum atomic E-state index is -0.0639. The summed E-state index contributed by atoms with van der Waals surface area (Å²) in [6.45, 7) is 16.3. The van der Waals surface area contributed by atoms with Crippen LogP contribution in [0.2, 0.25) is 0 Å². The molecule has 8 rings (SSSR count). The third kappa shape index (κ3) is 4.51. The van der Waals surface area contributed by atoms with E-state index in [9.17, 15) is 0 Å². The van der Waals surface area contributed by atoms with Gasteiger partial charge in [-0.05, 0) is 103 Å². The van der Waals surface area contributed by atoms with Crippen LogP contribution in [-0.4, -0.2) is 0 Å². The van der Waals surface area contributed by atoms with Gasteiger partial charge in [0.05, 0.1) is 0 Å². The maximum Gasteiger partial charge on any atom is 0.0465 e. The van der Waals surface area contributed by atoms with Gasteiger partial charge in [0.25, 0.3) is 0 Å². The number of nitrogens with zero attached hydrogens (tertiary/aromatic N) is 1. The third-order valence-corrected chi connectivity index (χ3v) is 10.8. The van der Waals surface area contributed by atoms with Gasteiger partial charge in [0.1, 0.15) is 0 Å². The average Bonchev–Trinajstić information content (AvgIpc) is 3.45. The topological polar surface area (TPSA) is 3.24 Å². The van der Waals surface area contributed by atoms with Gasteiger partial charge in [-0.15, -0.1) is 0 Å². The van der Waals surface area contributed by atoms with Crippen molar-refractivity contribution in [2.75, 3.05) is 4.90 Å². The molecule has 2 aliphatic carbocycles. The molecule has 1 heteroatoms. The van der Waals surface area contributed by atoms with Crippen LogP contribution in [0.3, 0.4) is 0 Å². The van der Waals surface area contributed by atoms with E-state index in [1.54, 1.807) is 0 Å². The number of fused-ring (bicyclic) bond motifs is 6. The Bertz CT molecular complexity index is 2150. The number of rotatable bonds is 4. The Balaban J connectivity index is 1.24. The fourth-order valence-corrected chi connectivity index (χ4v) is 8.27. The van der Waals surface area contributed by atoms with E-state index >= 15 is 0 Å². The van der Waals surface area contributed by atoms with Gasteiger partial charge in [-0.1, -0.05) is 146 Å². The van der Waals surface area contributed by atoms with E-state index in [4.69, 9.17) is 0 Å². The van der Waals surface area contributed by atoms with Crippen LogP contribution in [0.5, 0.6) is 0 Å². The lowest BCUT2D eigenvalue weighted by molar-refractivity contribution is 0.590. The summed E-state index contributed by atoms with van der Waals surface area (Å²) in [5.41, 5.74) is 18.4. The minimum absolute atomic E-state index is 0.0587. The van der Waals surface area contributed by atoms with E-state index in [0.717, 1.165) is 11.4 Å². The largest absolute Gasteiger partial charge is 0.310 e. The van der Waals surface area contributed by atoms with Gasteiger partial charge in [0.2, 0.25) is 0 Å². The van der Waals surface area contributed by atoms with Crippen molar-refractivity contribution in [2.24, 2.45) is 0 Å². The molecule has 1 nitrogen and oxygen atoms in total. The Morgan fingerprint density at radius 1 is 0.426 bits per heavy atom. The van der Waals surface area contributed by atoms with Crippen molar-refractivity contribution >= 4 is 17.1 Å². The maximum absolute atomic E-state index is 2.42. The molecule has 0 aliphatic heterocycles. The van der Waals surface area contributed by atoms with Crippen molar-refractivity contribution in [1.29, 1.82) is 0 Å². The first-order valence-corrected chi connectivity index (χ1v) is 17.0. The predicted molar refractivity (Wildman–Crippen MR) is 200 cm³/mol. The van der Waals surface area contributed by atoms with Crippen molar-refractivity contribution in [3.63, 3.8) is 0 Å². The fraction of sp³-hybridized carbons (Fsp3) is 0.217. The van der Waals surface area contributed by atoms with E-state index < -0.39 is 0 Å². The molecular weight excluding hydrogens is 567 g/mol. The van der Waals surface area contributed by atoms with Crippen molar-refractivity contribution in [2.45, 2.75) is 64.7 Å².